The molecule has 1 aliphatic rings. The van der Waals surface area contributed by atoms with Gasteiger partial charge in [-0.3, -0.25) is 0 Å². The first-order chi connectivity index (χ1) is 16.4. The molecule has 2 atom stereocenters. The molecule has 5 rings (SSSR count). The molecule has 1 aliphatic heterocycles. The van der Waals surface area contributed by atoms with E-state index in [9.17, 15) is 12.8 Å². The summed E-state index contributed by atoms with van der Waals surface area (Å²) in [5.41, 5.74) is 3.62. The second-order valence-electron chi connectivity index (χ2n) is 8.33. The van der Waals surface area contributed by atoms with Crippen molar-refractivity contribution < 1.29 is 12.8 Å². The molecule has 4 nitrogen and oxygen atoms in total. The van der Waals surface area contributed by atoms with Crippen LogP contribution in [0.2, 0.25) is 0 Å². The molecule has 4 aromatic carbocycles. The van der Waals surface area contributed by atoms with Gasteiger partial charge >= 0.3 is 0 Å². The van der Waals surface area contributed by atoms with Crippen molar-refractivity contribution >= 4 is 21.5 Å². The van der Waals surface area contributed by atoms with Gasteiger partial charge in [0.1, 0.15) is 11.7 Å². The summed E-state index contributed by atoms with van der Waals surface area (Å²) in [4.78, 5) is 2.08. The van der Waals surface area contributed by atoms with Crippen LogP contribution in [0, 0.1) is 12.7 Å². The van der Waals surface area contributed by atoms with Crippen molar-refractivity contribution in [2.75, 3.05) is 4.90 Å². The van der Waals surface area contributed by atoms with Gasteiger partial charge in [0.25, 0.3) is 10.0 Å². The molecule has 1 fully saturated rings. The van der Waals surface area contributed by atoms with E-state index in [1.807, 2.05) is 72.5 Å². The number of benzene rings is 4. The van der Waals surface area contributed by atoms with E-state index in [0.717, 1.165) is 22.4 Å². The molecule has 0 bridgehead atoms. The van der Waals surface area contributed by atoms with Gasteiger partial charge in [0, 0.05) is 5.69 Å². The Hall–Kier alpha value is -3.77. The van der Waals surface area contributed by atoms with Gasteiger partial charge in [0.15, 0.2) is 0 Å². The number of hydrogen-bond donors (Lipinski definition) is 0. The Bertz CT molecular complexity index is 1370. The number of sulfonamides is 1. The van der Waals surface area contributed by atoms with E-state index in [0.29, 0.717) is 5.84 Å². The van der Waals surface area contributed by atoms with Crippen LogP contribution in [0.5, 0.6) is 0 Å². The fraction of sp³-hybridized carbons (Fsp3) is 0.107. The lowest BCUT2D eigenvalue weighted by Gasteiger charge is -2.50. The second-order valence-corrected chi connectivity index (χ2v) is 9.93. The van der Waals surface area contributed by atoms with Gasteiger partial charge in [-0.15, -0.1) is 4.40 Å². The molecule has 6 heteroatoms. The molecule has 1 saturated heterocycles. The molecule has 0 aliphatic carbocycles. The van der Waals surface area contributed by atoms with Gasteiger partial charge in [0.05, 0.1) is 16.9 Å². The Morgan fingerprint density at radius 2 is 1.32 bits per heavy atom. The summed E-state index contributed by atoms with van der Waals surface area (Å²) < 4.78 is 44.7. The molecule has 0 aromatic heterocycles. The van der Waals surface area contributed by atoms with Crippen LogP contribution in [0.1, 0.15) is 28.7 Å². The Morgan fingerprint density at radius 3 is 1.94 bits per heavy atom. The predicted molar refractivity (Wildman–Crippen MR) is 133 cm³/mol. The van der Waals surface area contributed by atoms with Gasteiger partial charge in [0.2, 0.25) is 0 Å². The molecule has 170 valence electrons. The predicted octanol–water partition coefficient (Wildman–Crippen LogP) is 6.27. The Kier molecular flexibility index (Phi) is 5.75. The minimum absolute atomic E-state index is 0.149. The molecule has 0 amide bonds. The normalized spacial score (nSPS) is 19.1. The maximum Gasteiger partial charge on any atom is 0.283 e. The summed E-state index contributed by atoms with van der Waals surface area (Å²) in [6, 6.07) is 32.1. The number of para-hydroxylation sites is 1. The first-order valence-corrected chi connectivity index (χ1v) is 12.4. The molecule has 0 N–H and O–H groups in total. The summed E-state index contributed by atoms with van der Waals surface area (Å²) in [7, 11) is -3.94. The van der Waals surface area contributed by atoms with E-state index in [1.54, 1.807) is 36.4 Å². The van der Waals surface area contributed by atoms with Crippen LogP contribution in [0.4, 0.5) is 10.1 Å². The zero-order valence-electron chi connectivity index (χ0n) is 18.5. The number of amidine groups is 1. The molecule has 0 saturated carbocycles. The van der Waals surface area contributed by atoms with Crippen molar-refractivity contribution in [3.8, 4) is 0 Å². The highest BCUT2D eigenvalue weighted by molar-refractivity contribution is 7.90. The van der Waals surface area contributed by atoms with Gasteiger partial charge < -0.3 is 4.90 Å². The topological polar surface area (TPSA) is 49.7 Å². The van der Waals surface area contributed by atoms with Crippen molar-refractivity contribution in [1.29, 1.82) is 0 Å². The Morgan fingerprint density at radius 1 is 0.735 bits per heavy atom. The zero-order chi connectivity index (χ0) is 23.7. The molecular formula is C28H23FN2O2S. The van der Waals surface area contributed by atoms with Gasteiger partial charge in [-0.25, -0.2) is 4.39 Å². The van der Waals surface area contributed by atoms with Gasteiger partial charge in [-0.05, 0) is 54.4 Å². The minimum atomic E-state index is -3.94. The van der Waals surface area contributed by atoms with E-state index in [4.69, 9.17) is 0 Å². The lowest BCUT2D eigenvalue weighted by Crippen LogP contribution is -2.54. The third-order valence-corrected chi connectivity index (χ3v) is 7.35. The molecule has 0 spiro atoms. The van der Waals surface area contributed by atoms with E-state index >= 15 is 0 Å². The number of nitrogens with zero attached hydrogens (tertiary/aromatic N) is 2. The summed E-state index contributed by atoms with van der Waals surface area (Å²) in [6.07, 6.45) is 0. The number of hydrogen-bond acceptors (Lipinski definition) is 2. The summed E-state index contributed by atoms with van der Waals surface area (Å²) in [5, 5.41) is 0. The van der Waals surface area contributed by atoms with Crippen molar-refractivity contribution in [2.24, 2.45) is 4.40 Å². The van der Waals surface area contributed by atoms with E-state index in [2.05, 4.69) is 4.40 Å². The van der Waals surface area contributed by atoms with Crippen molar-refractivity contribution in [2.45, 2.75) is 23.8 Å². The average Bonchev–Trinajstić information content (AvgIpc) is 2.84. The van der Waals surface area contributed by atoms with Crippen LogP contribution in [0.25, 0.3) is 0 Å². The number of halogens is 1. The first kappa shape index (κ1) is 22.0. The standard InChI is InChI=1S/C28H23FN2O2S/c1-20-12-18-25(19-13-20)34(32,33)30-28-26(21-8-4-2-5-9-21)27(22-14-16-23(29)17-15-22)31(28)24-10-6-3-7-11-24/h2-19,26-27H,1H3/b30-28-/t26-,27-/m1/s1. The van der Waals surface area contributed by atoms with Crippen molar-refractivity contribution in [3.05, 3.63) is 132 Å². The SMILES string of the molecule is Cc1ccc(S(=O)(=O)/N=C2/[C@H](c3ccccc3)[C@@H](c3ccc(F)cc3)N2c2ccccc2)cc1. The van der Waals surface area contributed by atoms with E-state index in [-0.39, 0.29) is 22.7 Å². The highest BCUT2D eigenvalue weighted by Crippen LogP contribution is 2.50. The number of anilines is 1. The third kappa shape index (κ3) is 4.13. The monoisotopic (exact) mass is 470 g/mol. The van der Waals surface area contributed by atoms with Crippen molar-refractivity contribution in [1.82, 2.24) is 0 Å². The quantitative estimate of drug-likeness (QED) is 0.346. The molecule has 4 aromatic rings. The van der Waals surface area contributed by atoms with E-state index in [1.165, 1.54) is 12.1 Å². The maximum absolute atomic E-state index is 13.7. The maximum atomic E-state index is 13.7. The fourth-order valence-corrected chi connectivity index (χ4v) is 5.40. The average molecular weight is 471 g/mol. The Labute approximate surface area is 199 Å². The van der Waals surface area contributed by atoms with Crippen molar-refractivity contribution in [3.63, 3.8) is 0 Å². The lowest BCUT2D eigenvalue weighted by atomic mass is 9.77. The number of aryl methyl sites for hydroxylation is 1. The third-order valence-electron chi connectivity index (χ3n) is 6.06. The highest BCUT2D eigenvalue weighted by Gasteiger charge is 2.48. The molecule has 1 heterocycles. The van der Waals surface area contributed by atoms with Crippen LogP contribution in [0.3, 0.4) is 0 Å². The van der Waals surface area contributed by atoms with E-state index < -0.39 is 10.0 Å². The molecule has 0 unspecified atom stereocenters. The van der Waals surface area contributed by atoms with Crippen LogP contribution in [-0.4, -0.2) is 14.3 Å². The summed E-state index contributed by atoms with van der Waals surface area (Å²) in [6.45, 7) is 1.91. The van der Waals surface area contributed by atoms with Gasteiger partial charge in [-0.1, -0.05) is 78.4 Å². The summed E-state index contributed by atoms with van der Waals surface area (Å²) in [5.74, 6) is -0.194. The zero-order valence-corrected chi connectivity index (χ0v) is 19.4. The first-order valence-electron chi connectivity index (χ1n) is 11.0. The van der Waals surface area contributed by atoms with Crippen LogP contribution >= 0.6 is 0 Å². The van der Waals surface area contributed by atoms with Crippen LogP contribution < -0.4 is 4.90 Å². The van der Waals surface area contributed by atoms with Crippen LogP contribution in [0.15, 0.2) is 118 Å². The highest BCUT2D eigenvalue weighted by atomic mass is 32.2. The summed E-state index contributed by atoms with van der Waals surface area (Å²) >= 11 is 0. The second kappa shape index (κ2) is 8.88. The minimum Gasteiger partial charge on any atom is -0.320 e. The molecule has 0 radical (unpaired) electrons. The smallest absolute Gasteiger partial charge is 0.283 e. The Balaban J connectivity index is 1.69. The molecule has 34 heavy (non-hydrogen) atoms. The largest absolute Gasteiger partial charge is 0.320 e. The fourth-order valence-electron chi connectivity index (χ4n) is 4.36. The lowest BCUT2D eigenvalue weighted by molar-refractivity contribution is 0.563. The van der Waals surface area contributed by atoms with Crippen LogP contribution in [-0.2, 0) is 10.0 Å². The molecular weight excluding hydrogens is 447 g/mol. The van der Waals surface area contributed by atoms with Gasteiger partial charge in [-0.2, -0.15) is 8.42 Å². The number of rotatable bonds is 5.